The van der Waals surface area contributed by atoms with E-state index in [9.17, 15) is 4.79 Å². The number of aryl methyl sites for hydroxylation is 1. The first-order chi connectivity index (χ1) is 11.3. The molecule has 0 saturated carbocycles. The van der Waals surface area contributed by atoms with Crippen LogP contribution in [-0.2, 0) is 11.2 Å². The third-order valence-corrected chi connectivity index (χ3v) is 4.78. The summed E-state index contributed by atoms with van der Waals surface area (Å²) >= 11 is 0. The number of fused-ring (bicyclic) bond motifs is 1. The van der Waals surface area contributed by atoms with Crippen LogP contribution in [0.5, 0.6) is 0 Å². The molecule has 1 amide bonds. The van der Waals surface area contributed by atoms with E-state index in [1.807, 2.05) is 11.0 Å². The molecule has 1 aliphatic rings. The molecule has 1 aromatic carbocycles. The Kier molecular flexibility index (Phi) is 5.34. The van der Waals surface area contributed by atoms with Crippen molar-refractivity contribution in [3.8, 4) is 0 Å². The van der Waals surface area contributed by atoms with Crippen molar-refractivity contribution in [2.45, 2.75) is 32.6 Å². The average molecular weight is 313 g/mol. The van der Waals surface area contributed by atoms with E-state index in [1.165, 1.54) is 22.9 Å². The van der Waals surface area contributed by atoms with Gasteiger partial charge in [0, 0.05) is 49.7 Å². The van der Waals surface area contributed by atoms with Crippen LogP contribution in [-0.4, -0.2) is 53.4 Å². The molecule has 124 valence electrons. The molecule has 0 bridgehead atoms. The second kappa shape index (κ2) is 7.64. The van der Waals surface area contributed by atoms with Crippen molar-refractivity contribution in [2.24, 2.45) is 0 Å². The minimum absolute atomic E-state index is 0.320. The molecule has 4 heteroatoms. The van der Waals surface area contributed by atoms with Gasteiger partial charge in [0.05, 0.1) is 0 Å². The van der Waals surface area contributed by atoms with E-state index in [0.717, 1.165) is 45.6 Å². The number of rotatable bonds is 6. The van der Waals surface area contributed by atoms with Crippen molar-refractivity contribution in [3.63, 3.8) is 0 Å². The lowest BCUT2D eigenvalue weighted by atomic mass is 10.1. The SMILES string of the molecule is CCCN1CCN(C(=O)CCCc2c[nH]c3ccccc23)CC1. The van der Waals surface area contributed by atoms with Gasteiger partial charge in [0.1, 0.15) is 0 Å². The predicted molar refractivity (Wildman–Crippen MR) is 94.5 cm³/mol. The van der Waals surface area contributed by atoms with Gasteiger partial charge in [0.25, 0.3) is 0 Å². The molecule has 0 spiro atoms. The number of aromatic nitrogens is 1. The average Bonchev–Trinajstić information content (AvgIpc) is 2.99. The normalized spacial score (nSPS) is 16.1. The fourth-order valence-corrected chi connectivity index (χ4v) is 3.46. The standard InChI is InChI=1S/C19H27N3O/c1-2-10-21-11-13-22(14-12-21)19(23)9-5-6-16-15-20-18-8-4-3-7-17(16)18/h3-4,7-8,15,20H,2,5-6,9-14H2,1H3. The molecule has 2 heterocycles. The number of amides is 1. The van der Waals surface area contributed by atoms with E-state index in [4.69, 9.17) is 0 Å². The van der Waals surface area contributed by atoms with Gasteiger partial charge in [-0.2, -0.15) is 0 Å². The zero-order valence-corrected chi connectivity index (χ0v) is 14.1. The van der Waals surface area contributed by atoms with Crippen LogP contribution in [0.15, 0.2) is 30.5 Å². The Morgan fingerprint density at radius 3 is 2.74 bits per heavy atom. The first-order valence-corrected chi connectivity index (χ1v) is 8.83. The number of piperazine rings is 1. The smallest absolute Gasteiger partial charge is 0.222 e. The highest BCUT2D eigenvalue weighted by atomic mass is 16.2. The van der Waals surface area contributed by atoms with Crippen LogP contribution in [0.1, 0.15) is 31.7 Å². The summed E-state index contributed by atoms with van der Waals surface area (Å²) in [6, 6.07) is 8.36. The first kappa shape index (κ1) is 16.1. The topological polar surface area (TPSA) is 39.3 Å². The zero-order valence-electron chi connectivity index (χ0n) is 14.1. The summed E-state index contributed by atoms with van der Waals surface area (Å²) in [6.07, 6.45) is 5.83. The molecule has 23 heavy (non-hydrogen) atoms. The molecule has 0 aliphatic carbocycles. The molecular formula is C19H27N3O. The van der Waals surface area contributed by atoms with Crippen molar-refractivity contribution in [3.05, 3.63) is 36.0 Å². The molecule has 4 nitrogen and oxygen atoms in total. The highest BCUT2D eigenvalue weighted by Crippen LogP contribution is 2.19. The van der Waals surface area contributed by atoms with E-state index in [0.29, 0.717) is 12.3 Å². The largest absolute Gasteiger partial charge is 0.361 e. The van der Waals surface area contributed by atoms with E-state index < -0.39 is 0 Å². The maximum absolute atomic E-state index is 12.4. The summed E-state index contributed by atoms with van der Waals surface area (Å²) in [7, 11) is 0. The molecule has 0 atom stereocenters. The van der Waals surface area contributed by atoms with E-state index >= 15 is 0 Å². The maximum atomic E-state index is 12.4. The molecule has 1 aliphatic heterocycles. The molecular weight excluding hydrogens is 286 g/mol. The predicted octanol–water partition coefficient (Wildman–Crippen LogP) is 3.04. The first-order valence-electron chi connectivity index (χ1n) is 8.83. The van der Waals surface area contributed by atoms with Crippen LogP contribution in [0.25, 0.3) is 10.9 Å². The van der Waals surface area contributed by atoms with Gasteiger partial charge in [-0.1, -0.05) is 25.1 Å². The van der Waals surface area contributed by atoms with Crippen molar-refractivity contribution in [1.82, 2.24) is 14.8 Å². The number of para-hydroxylation sites is 1. The lowest BCUT2D eigenvalue weighted by Crippen LogP contribution is -2.48. The van der Waals surface area contributed by atoms with Gasteiger partial charge in [0.15, 0.2) is 0 Å². The summed E-state index contributed by atoms with van der Waals surface area (Å²) in [6.45, 7) is 7.22. The van der Waals surface area contributed by atoms with Gasteiger partial charge in [-0.05, 0) is 37.4 Å². The summed E-state index contributed by atoms with van der Waals surface area (Å²) in [5.41, 5.74) is 2.50. The number of carbonyl (C=O) groups is 1. The lowest BCUT2D eigenvalue weighted by Gasteiger charge is -2.34. The molecule has 0 unspecified atom stereocenters. The second-order valence-electron chi connectivity index (χ2n) is 6.44. The summed E-state index contributed by atoms with van der Waals surface area (Å²) in [5, 5.41) is 1.29. The summed E-state index contributed by atoms with van der Waals surface area (Å²) < 4.78 is 0. The molecule has 1 aromatic heterocycles. The van der Waals surface area contributed by atoms with Gasteiger partial charge in [-0.25, -0.2) is 0 Å². The Morgan fingerprint density at radius 1 is 1.17 bits per heavy atom. The molecule has 1 saturated heterocycles. The number of H-pyrrole nitrogens is 1. The zero-order chi connectivity index (χ0) is 16.1. The van der Waals surface area contributed by atoms with Crippen LogP contribution in [0, 0.1) is 0 Å². The Morgan fingerprint density at radius 2 is 1.96 bits per heavy atom. The minimum atomic E-state index is 0.320. The van der Waals surface area contributed by atoms with Gasteiger partial charge >= 0.3 is 0 Å². The van der Waals surface area contributed by atoms with Crippen LogP contribution in [0.3, 0.4) is 0 Å². The van der Waals surface area contributed by atoms with Crippen LogP contribution in [0.4, 0.5) is 0 Å². The molecule has 3 rings (SSSR count). The van der Waals surface area contributed by atoms with Gasteiger partial charge < -0.3 is 9.88 Å². The van der Waals surface area contributed by atoms with Gasteiger partial charge in [-0.15, -0.1) is 0 Å². The third kappa shape index (κ3) is 3.94. The Balaban J connectivity index is 1.45. The second-order valence-corrected chi connectivity index (χ2v) is 6.44. The van der Waals surface area contributed by atoms with E-state index in [1.54, 1.807) is 0 Å². The number of carbonyl (C=O) groups excluding carboxylic acids is 1. The quantitative estimate of drug-likeness (QED) is 0.890. The molecule has 1 N–H and O–H groups in total. The number of aromatic amines is 1. The Hall–Kier alpha value is -1.81. The molecule has 1 fully saturated rings. The maximum Gasteiger partial charge on any atom is 0.222 e. The Bertz CT molecular complexity index is 641. The van der Waals surface area contributed by atoms with Crippen molar-refractivity contribution in [2.75, 3.05) is 32.7 Å². The van der Waals surface area contributed by atoms with Crippen molar-refractivity contribution >= 4 is 16.8 Å². The summed E-state index contributed by atoms with van der Waals surface area (Å²) in [5.74, 6) is 0.320. The minimum Gasteiger partial charge on any atom is -0.361 e. The number of nitrogens with zero attached hydrogens (tertiary/aromatic N) is 2. The lowest BCUT2D eigenvalue weighted by molar-refractivity contribution is -0.133. The highest BCUT2D eigenvalue weighted by Gasteiger charge is 2.20. The van der Waals surface area contributed by atoms with Crippen molar-refractivity contribution < 1.29 is 4.79 Å². The van der Waals surface area contributed by atoms with Crippen LogP contribution >= 0.6 is 0 Å². The number of benzene rings is 1. The fourth-order valence-electron chi connectivity index (χ4n) is 3.46. The van der Waals surface area contributed by atoms with Crippen molar-refractivity contribution in [1.29, 1.82) is 0 Å². The molecule has 0 radical (unpaired) electrons. The van der Waals surface area contributed by atoms with E-state index in [2.05, 4.69) is 41.2 Å². The van der Waals surface area contributed by atoms with Gasteiger partial charge in [-0.3, -0.25) is 9.69 Å². The number of hydrogen-bond donors (Lipinski definition) is 1. The number of nitrogens with one attached hydrogen (secondary N) is 1. The molecule has 2 aromatic rings. The third-order valence-electron chi connectivity index (χ3n) is 4.78. The highest BCUT2D eigenvalue weighted by molar-refractivity contribution is 5.83. The monoisotopic (exact) mass is 313 g/mol. The van der Waals surface area contributed by atoms with Gasteiger partial charge in [0.2, 0.25) is 5.91 Å². The van der Waals surface area contributed by atoms with Crippen LogP contribution in [0.2, 0.25) is 0 Å². The Labute approximate surface area is 138 Å². The fraction of sp³-hybridized carbons (Fsp3) is 0.526. The van der Waals surface area contributed by atoms with Crippen LogP contribution < -0.4 is 0 Å². The number of hydrogen-bond acceptors (Lipinski definition) is 2. The summed E-state index contributed by atoms with van der Waals surface area (Å²) in [4.78, 5) is 20.2. The van der Waals surface area contributed by atoms with E-state index in [-0.39, 0.29) is 0 Å².